The van der Waals surface area contributed by atoms with Crippen LogP contribution in [-0.2, 0) is 9.53 Å². The van der Waals surface area contributed by atoms with Crippen LogP contribution >= 0.6 is 0 Å². The maximum absolute atomic E-state index is 12.3. The molecule has 4 heteroatoms. The highest BCUT2D eigenvalue weighted by Gasteiger charge is 2.29. The average molecular weight is 367 g/mol. The molecule has 2 aromatic carbocycles. The fraction of sp³-hybridized carbons (Fsp3) is 0.435. The van der Waals surface area contributed by atoms with Gasteiger partial charge in [-0.05, 0) is 41.6 Å². The third-order valence-electron chi connectivity index (χ3n) is 5.38. The van der Waals surface area contributed by atoms with Crippen LogP contribution in [-0.4, -0.2) is 25.2 Å². The second-order valence-electron chi connectivity index (χ2n) is 7.31. The van der Waals surface area contributed by atoms with E-state index >= 15 is 0 Å². The summed E-state index contributed by atoms with van der Waals surface area (Å²) < 4.78 is 5.62. The van der Waals surface area contributed by atoms with Gasteiger partial charge in [0.2, 0.25) is 0 Å². The van der Waals surface area contributed by atoms with E-state index < -0.39 is 6.04 Å². The Kier molecular flexibility index (Phi) is 7.02. The number of esters is 1. The summed E-state index contributed by atoms with van der Waals surface area (Å²) in [7, 11) is 0. The number of carbonyl (C=O) groups excluding carboxylic acids is 1. The number of unbranched alkanes of at least 4 members (excludes halogenated alkanes) is 4. The third-order valence-corrected chi connectivity index (χ3v) is 5.38. The minimum Gasteiger partial charge on any atom is -0.464 e. The van der Waals surface area contributed by atoms with Gasteiger partial charge in [0.25, 0.3) is 0 Å². The Morgan fingerprint density at radius 2 is 1.44 bits per heavy atom. The molecule has 2 aromatic rings. The summed E-state index contributed by atoms with van der Waals surface area (Å²) >= 11 is 0. The topological polar surface area (TPSA) is 78.3 Å². The second kappa shape index (κ2) is 9.67. The maximum Gasteiger partial charge on any atom is 0.322 e. The number of ether oxygens (including phenoxy) is 1. The first kappa shape index (κ1) is 19.6. The molecular formula is C23H30N2O2. The number of nitrogens with two attached hydrogens (primary N) is 2. The molecular weight excluding hydrogens is 336 g/mol. The predicted molar refractivity (Wildman–Crippen MR) is 109 cm³/mol. The van der Waals surface area contributed by atoms with Crippen molar-refractivity contribution in [2.75, 3.05) is 13.2 Å². The van der Waals surface area contributed by atoms with E-state index in [0.29, 0.717) is 13.0 Å². The first-order valence-corrected chi connectivity index (χ1v) is 10.0. The van der Waals surface area contributed by atoms with Gasteiger partial charge < -0.3 is 16.2 Å². The van der Waals surface area contributed by atoms with E-state index in [0.717, 1.165) is 38.6 Å². The van der Waals surface area contributed by atoms with Crippen molar-refractivity contribution < 1.29 is 9.53 Å². The number of carbonyl (C=O) groups is 1. The van der Waals surface area contributed by atoms with Gasteiger partial charge in [0.1, 0.15) is 12.6 Å². The van der Waals surface area contributed by atoms with E-state index in [1.807, 2.05) is 24.3 Å². The first-order valence-electron chi connectivity index (χ1n) is 10.0. The summed E-state index contributed by atoms with van der Waals surface area (Å²) in [5.74, 6) is -0.205. The molecule has 1 unspecified atom stereocenters. The summed E-state index contributed by atoms with van der Waals surface area (Å²) in [5.41, 5.74) is 16.4. The lowest BCUT2D eigenvalue weighted by atomic mass is 9.98. The van der Waals surface area contributed by atoms with E-state index in [4.69, 9.17) is 16.2 Å². The van der Waals surface area contributed by atoms with Gasteiger partial charge in [-0.3, -0.25) is 4.79 Å². The molecule has 0 aromatic heterocycles. The Hall–Kier alpha value is -2.17. The quantitative estimate of drug-likeness (QED) is 0.493. The van der Waals surface area contributed by atoms with Gasteiger partial charge in [0.15, 0.2) is 0 Å². The van der Waals surface area contributed by atoms with Gasteiger partial charge in [-0.25, -0.2) is 0 Å². The molecule has 0 aliphatic heterocycles. The number of hydrogen-bond acceptors (Lipinski definition) is 4. The Morgan fingerprint density at radius 1 is 0.889 bits per heavy atom. The Bertz CT molecular complexity index is 714. The highest BCUT2D eigenvalue weighted by molar-refractivity contribution is 5.79. The number of hydrogen-bond donors (Lipinski definition) is 2. The van der Waals surface area contributed by atoms with E-state index in [-0.39, 0.29) is 11.9 Å². The van der Waals surface area contributed by atoms with Crippen LogP contribution in [0.4, 0.5) is 0 Å². The Morgan fingerprint density at radius 3 is 2.07 bits per heavy atom. The average Bonchev–Trinajstić information content (AvgIpc) is 3.02. The third kappa shape index (κ3) is 4.76. The molecule has 27 heavy (non-hydrogen) atoms. The van der Waals surface area contributed by atoms with Crippen LogP contribution < -0.4 is 11.5 Å². The van der Waals surface area contributed by atoms with Crippen LogP contribution in [0, 0.1) is 0 Å². The number of fused-ring (bicyclic) bond motifs is 3. The fourth-order valence-corrected chi connectivity index (χ4v) is 3.87. The summed E-state index contributed by atoms with van der Waals surface area (Å²) in [5, 5.41) is 0. The Balaban J connectivity index is 1.52. The predicted octanol–water partition coefficient (Wildman–Crippen LogP) is 3.97. The van der Waals surface area contributed by atoms with Gasteiger partial charge in [0, 0.05) is 5.92 Å². The molecule has 0 heterocycles. The zero-order valence-corrected chi connectivity index (χ0v) is 15.9. The normalized spacial score (nSPS) is 13.9. The number of rotatable bonds is 10. The SMILES string of the molecule is NCCCCCCCC(N)C(=O)OCC1c2ccccc2-c2ccccc21. The monoisotopic (exact) mass is 366 g/mol. The molecule has 144 valence electrons. The molecule has 0 saturated heterocycles. The van der Waals surface area contributed by atoms with Gasteiger partial charge >= 0.3 is 5.97 Å². The molecule has 0 spiro atoms. The smallest absolute Gasteiger partial charge is 0.322 e. The van der Waals surface area contributed by atoms with Crippen molar-refractivity contribution in [3.63, 3.8) is 0 Å². The second-order valence-corrected chi connectivity index (χ2v) is 7.31. The zero-order valence-electron chi connectivity index (χ0n) is 15.9. The number of benzene rings is 2. The molecule has 4 N–H and O–H groups in total. The van der Waals surface area contributed by atoms with Crippen LogP contribution in [0.25, 0.3) is 11.1 Å². The largest absolute Gasteiger partial charge is 0.464 e. The molecule has 0 radical (unpaired) electrons. The van der Waals surface area contributed by atoms with E-state index in [1.165, 1.54) is 22.3 Å². The molecule has 1 aliphatic rings. The van der Waals surface area contributed by atoms with Crippen molar-refractivity contribution >= 4 is 5.97 Å². The summed E-state index contributed by atoms with van der Waals surface area (Å²) in [6.45, 7) is 1.09. The van der Waals surface area contributed by atoms with Gasteiger partial charge in [-0.1, -0.05) is 74.2 Å². The zero-order chi connectivity index (χ0) is 19.1. The lowest BCUT2D eigenvalue weighted by molar-refractivity contribution is -0.145. The minimum absolute atomic E-state index is 0.0878. The lowest BCUT2D eigenvalue weighted by Gasteiger charge is -2.16. The van der Waals surface area contributed by atoms with Crippen molar-refractivity contribution in [3.8, 4) is 11.1 Å². The van der Waals surface area contributed by atoms with E-state index in [9.17, 15) is 4.79 Å². The molecule has 3 rings (SSSR count). The van der Waals surface area contributed by atoms with Gasteiger partial charge in [-0.2, -0.15) is 0 Å². The Labute approximate surface area is 161 Å². The van der Waals surface area contributed by atoms with Crippen LogP contribution in [0.1, 0.15) is 55.6 Å². The highest BCUT2D eigenvalue weighted by atomic mass is 16.5. The molecule has 1 aliphatic carbocycles. The van der Waals surface area contributed by atoms with Crippen molar-refractivity contribution in [1.29, 1.82) is 0 Å². The van der Waals surface area contributed by atoms with Crippen molar-refractivity contribution in [2.24, 2.45) is 11.5 Å². The van der Waals surface area contributed by atoms with Crippen LogP contribution in [0.15, 0.2) is 48.5 Å². The molecule has 1 atom stereocenters. The van der Waals surface area contributed by atoms with E-state index in [2.05, 4.69) is 24.3 Å². The van der Waals surface area contributed by atoms with Crippen LogP contribution in [0.3, 0.4) is 0 Å². The maximum atomic E-state index is 12.3. The first-order chi connectivity index (χ1) is 13.2. The van der Waals surface area contributed by atoms with Crippen molar-refractivity contribution in [3.05, 3.63) is 59.7 Å². The summed E-state index contributed by atoms with van der Waals surface area (Å²) in [6, 6.07) is 16.1. The molecule has 4 nitrogen and oxygen atoms in total. The van der Waals surface area contributed by atoms with Crippen LogP contribution in [0.5, 0.6) is 0 Å². The van der Waals surface area contributed by atoms with Crippen LogP contribution in [0.2, 0.25) is 0 Å². The summed E-state index contributed by atoms with van der Waals surface area (Å²) in [6.07, 6.45) is 6.09. The van der Waals surface area contributed by atoms with Crippen molar-refractivity contribution in [1.82, 2.24) is 0 Å². The summed E-state index contributed by atoms with van der Waals surface area (Å²) in [4.78, 5) is 12.3. The van der Waals surface area contributed by atoms with Gasteiger partial charge in [-0.15, -0.1) is 0 Å². The molecule has 0 amide bonds. The molecule has 0 saturated carbocycles. The van der Waals surface area contributed by atoms with Gasteiger partial charge in [0.05, 0.1) is 0 Å². The minimum atomic E-state index is -0.536. The van der Waals surface area contributed by atoms with E-state index in [1.54, 1.807) is 0 Å². The van der Waals surface area contributed by atoms with Crippen molar-refractivity contribution in [2.45, 2.75) is 50.5 Å². The standard InChI is InChI=1S/C23H30N2O2/c24-15-9-3-1-2-4-14-22(25)23(26)27-16-21-19-12-7-5-10-17(19)18-11-6-8-13-20(18)21/h5-8,10-13,21-22H,1-4,9,14-16,24-25H2. The highest BCUT2D eigenvalue weighted by Crippen LogP contribution is 2.44. The molecule has 0 bridgehead atoms. The lowest BCUT2D eigenvalue weighted by Crippen LogP contribution is -2.33. The molecule has 0 fully saturated rings. The fourth-order valence-electron chi connectivity index (χ4n) is 3.87.